The summed E-state index contributed by atoms with van der Waals surface area (Å²) in [7, 11) is 0. The van der Waals surface area contributed by atoms with Crippen molar-refractivity contribution in [2.24, 2.45) is 4.99 Å². The topological polar surface area (TPSA) is 80.9 Å². The van der Waals surface area contributed by atoms with Crippen LogP contribution in [0, 0.1) is 0 Å². The minimum atomic E-state index is -0.714. The number of rotatable bonds is 7. The molecule has 0 aliphatic carbocycles. The number of carbonyl (C=O) groups excluding carboxylic acids is 2. The number of ether oxygens (including phenoxy) is 1. The molecule has 186 valence electrons. The second-order valence-corrected chi connectivity index (χ2v) is 9.95. The highest BCUT2D eigenvalue weighted by Crippen LogP contribution is 2.40. The summed E-state index contributed by atoms with van der Waals surface area (Å²) < 4.78 is 7.17. The number of aliphatic imine (C=N–C) groups is 1. The van der Waals surface area contributed by atoms with Crippen LogP contribution in [-0.4, -0.2) is 33.2 Å². The second kappa shape index (κ2) is 11.4. The molecule has 2 aromatic carbocycles. The molecule has 1 aromatic heterocycles. The van der Waals surface area contributed by atoms with Crippen molar-refractivity contribution in [1.82, 2.24) is 4.57 Å². The maximum atomic E-state index is 12.6. The Morgan fingerprint density at radius 1 is 1.17 bits per heavy atom. The molecule has 36 heavy (non-hydrogen) atoms. The summed E-state index contributed by atoms with van der Waals surface area (Å²) in [6.07, 6.45) is 4.62. The molecule has 3 aromatic rings. The SMILES string of the molecule is CCCC(=O)N=C1S/C(=C\c2cn(Cc3ccc(Cl)cc3Cl)c3ccccc23)C(O)=C1C(=O)OCC. The minimum absolute atomic E-state index is 0.0887. The average Bonchev–Trinajstić information content (AvgIpc) is 3.33. The molecule has 1 amide bonds. The molecule has 4 rings (SSSR count). The number of hydrogen-bond acceptors (Lipinski definition) is 5. The highest BCUT2D eigenvalue weighted by molar-refractivity contribution is 8.18. The fourth-order valence-electron chi connectivity index (χ4n) is 3.87. The number of carbonyl (C=O) groups is 2. The van der Waals surface area contributed by atoms with Gasteiger partial charge in [0.05, 0.1) is 11.5 Å². The smallest absolute Gasteiger partial charge is 0.344 e. The normalized spacial score (nSPS) is 15.9. The number of aliphatic hydroxyl groups is 1. The number of aromatic nitrogens is 1. The van der Waals surface area contributed by atoms with E-state index >= 15 is 0 Å². The molecule has 1 N–H and O–H groups in total. The number of para-hydroxylation sites is 1. The zero-order chi connectivity index (χ0) is 25.8. The van der Waals surface area contributed by atoms with Crippen molar-refractivity contribution < 1.29 is 19.4 Å². The summed E-state index contributed by atoms with van der Waals surface area (Å²) in [5.41, 5.74) is 2.62. The summed E-state index contributed by atoms with van der Waals surface area (Å²) in [5.74, 6) is -1.32. The lowest BCUT2D eigenvalue weighted by molar-refractivity contribution is -0.138. The Kier molecular flexibility index (Phi) is 8.24. The van der Waals surface area contributed by atoms with E-state index in [1.54, 1.807) is 25.1 Å². The van der Waals surface area contributed by atoms with Gasteiger partial charge in [0.25, 0.3) is 0 Å². The van der Waals surface area contributed by atoms with Gasteiger partial charge in [0.1, 0.15) is 16.4 Å². The van der Waals surface area contributed by atoms with Gasteiger partial charge in [-0.3, -0.25) is 4.79 Å². The van der Waals surface area contributed by atoms with Crippen molar-refractivity contribution in [2.75, 3.05) is 6.61 Å². The van der Waals surface area contributed by atoms with Gasteiger partial charge < -0.3 is 14.4 Å². The fraction of sp³-hybridized carbons (Fsp3) is 0.222. The molecule has 2 heterocycles. The van der Waals surface area contributed by atoms with E-state index in [4.69, 9.17) is 27.9 Å². The van der Waals surface area contributed by atoms with Crippen molar-refractivity contribution >= 4 is 68.9 Å². The number of fused-ring (bicyclic) bond motifs is 1. The third-order valence-corrected chi connectivity index (χ3v) is 7.13. The van der Waals surface area contributed by atoms with E-state index in [-0.39, 0.29) is 35.3 Å². The number of halogens is 2. The van der Waals surface area contributed by atoms with E-state index in [2.05, 4.69) is 9.56 Å². The molecule has 9 heteroatoms. The molecule has 1 aliphatic rings. The van der Waals surface area contributed by atoms with Crippen LogP contribution in [0.3, 0.4) is 0 Å². The summed E-state index contributed by atoms with van der Waals surface area (Å²) in [5, 5.41) is 13.2. The van der Waals surface area contributed by atoms with Crippen molar-refractivity contribution in [3.8, 4) is 0 Å². The van der Waals surface area contributed by atoms with Gasteiger partial charge in [0.2, 0.25) is 5.91 Å². The molecule has 1 aliphatic heterocycles. The number of esters is 1. The molecular formula is C27H24Cl2N2O4S. The average molecular weight is 543 g/mol. The number of thioether (sulfide) groups is 1. The van der Waals surface area contributed by atoms with Gasteiger partial charge in [0.15, 0.2) is 0 Å². The van der Waals surface area contributed by atoms with Crippen LogP contribution >= 0.6 is 35.0 Å². The van der Waals surface area contributed by atoms with Crippen LogP contribution in [0.4, 0.5) is 0 Å². The maximum Gasteiger partial charge on any atom is 0.344 e. The first kappa shape index (κ1) is 26.1. The number of hydrogen-bond donors (Lipinski definition) is 1. The Balaban J connectivity index is 1.77. The fourth-order valence-corrected chi connectivity index (χ4v) is 5.36. The number of aliphatic hydroxyl groups excluding tert-OH is 1. The molecule has 0 saturated carbocycles. The molecule has 0 unspecified atom stereocenters. The Labute approximate surface area is 223 Å². The lowest BCUT2D eigenvalue weighted by atomic mass is 10.1. The maximum absolute atomic E-state index is 12.6. The Hall–Kier alpha value is -3.00. The second-order valence-electron chi connectivity index (χ2n) is 8.08. The number of nitrogens with zero attached hydrogens (tertiary/aromatic N) is 2. The van der Waals surface area contributed by atoms with E-state index in [0.717, 1.165) is 33.8 Å². The third kappa shape index (κ3) is 5.53. The first-order valence-corrected chi connectivity index (χ1v) is 13.0. The van der Waals surface area contributed by atoms with Gasteiger partial charge in [-0.05, 0) is 43.2 Å². The molecular weight excluding hydrogens is 519 g/mol. The van der Waals surface area contributed by atoms with Gasteiger partial charge in [-0.1, -0.05) is 66.2 Å². The van der Waals surface area contributed by atoms with Gasteiger partial charge in [-0.2, -0.15) is 0 Å². The first-order valence-electron chi connectivity index (χ1n) is 11.5. The zero-order valence-electron chi connectivity index (χ0n) is 19.8. The standard InChI is InChI=1S/C27H24Cl2N2O4S/c1-3-7-23(32)30-26-24(27(34)35-4-2)25(33)22(36-26)12-17-15-31(21-9-6-5-8-19(17)21)14-16-10-11-18(28)13-20(16)29/h5-6,8-13,15,33H,3-4,7,14H2,1-2H3/b22-12-,30-26?. The molecule has 0 radical (unpaired) electrons. The molecule has 0 fully saturated rings. The van der Waals surface area contributed by atoms with Crippen LogP contribution in [0.5, 0.6) is 0 Å². The van der Waals surface area contributed by atoms with E-state index in [1.807, 2.05) is 43.5 Å². The van der Waals surface area contributed by atoms with Crippen LogP contribution in [0.15, 0.2) is 69.9 Å². The predicted octanol–water partition coefficient (Wildman–Crippen LogP) is 7.18. The largest absolute Gasteiger partial charge is 0.506 e. The van der Waals surface area contributed by atoms with Gasteiger partial charge in [-0.25, -0.2) is 9.79 Å². The van der Waals surface area contributed by atoms with E-state index in [1.165, 1.54) is 0 Å². The van der Waals surface area contributed by atoms with Gasteiger partial charge >= 0.3 is 5.97 Å². The lowest BCUT2D eigenvalue weighted by Crippen LogP contribution is -2.14. The monoisotopic (exact) mass is 542 g/mol. The van der Waals surface area contributed by atoms with Crippen LogP contribution in [0.1, 0.15) is 37.8 Å². The Morgan fingerprint density at radius 2 is 1.94 bits per heavy atom. The van der Waals surface area contributed by atoms with Crippen LogP contribution < -0.4 is 0 Å². The third-order valence-electron chi connectivity index (χ3n) is 5.52. The Bertz CT molecular complexity index is 1440. The van der Waals surface area contributed by atoms with Crippen molar-refractivity contribution in [3.05, 3.63) is 86.1 Å². The lowest BCUT2D eigenvalue weighted by Gasteiger charge is -2.08. The van der Waals surface area contributed by atoms with Crippen LogP contribution in [0.25, 0.3) is 17.0 Å². The van der Waals surface area contributed by atoms with E-state index < -0.39 is 5.97 Å². The Morgan fingerprint density at radius 3 is 2.67 bits per heavy atom. The van der Waals surface area contributed by atoms with Gasteiger partial charge in [0, 0.05) is 45.7 Å². The molecule has 0 spiro atoms. The molecule has 0 atom stereocenters. The minimum Gasteiger partial charge on any atom is -0.506 e. The van der Waals surface area contributed by atoms with Gasteiger partial charge in [-0.15, -0.1) is 0 Å². The van der Waals surface area contributed by atoms with E-state index in [9.17, 15) is 14.7 Å². The quantitative estimate of drug-likeness (QED) is 0.319. The van der Waals surface area contributed by atoms with Crippen molar-refractivity contribution in [3.63, 3.8) is 0 Å². The van der Waals surface area contributed by atoms with Crippen molar-refractivity contribution in [2.45, 2.75) is 33.2 Å². The summed E-state index contributed by atoms with van der Waals surface area (Å²) in [6, 6.07) is 13.3. The predicted molar refractivity (Wildman–Crippen MR) is 147 cm³/mol. The number of amides is 1. The van der Waals surface area contributed by atoms with E-state index in [0.29, 0.717) is 27.9 Å². The highest BCUT2D eigenvalue weighted by atomic mass is 35.5. The summed E-state index contributed by atoms with van der Waals surface area (Å²) in [4.78, 5) is 29.3. The molecule has 0 saturated heterocycles. The summed E-state index contributed by atoms with van der Waals surface area (Å²) >= 11 is 13.5. The highest BCUT2D eigenvalue weighted by Gasteiger charge is 2.34. The molecule has 0 bridgehead atoms. The summed E-state index contributed by atoms with van der Waals surface area (Å²) in [6.45, 7) is 4.20. The van der Waals surface area contributed by atoms with Crippen molar-refractivity contribution in [1.29, 1.82) is 0 Å². The first-order chi connectivity index (χ1) is 17.3. The zero-order valence-corrected chi connectivity index (χ0v) is 22.1. The van der Waals surface area contributed by atoms with Crippen LogP contribution in [-0.2, 0) is 20.9 Å². The van der Waals surface area contributed by atoms with Crippen LogP contribution in [0.2, 0.25) is 10.0 Å². The molecule has 6 nitrogen and oxygen atoms in total. The number of benzene rings is 2.